The third-order valence-corrected chi connectivity index (χ3v) is 3.33. The van der Waals surface area contributed by atoms with Gasteiger partial charge in [-0.15, -0.1) is 0 Å². The van der Waals surface area contributed by atoms with E-state index >= 15 is 0 Å². The lowest BCUT2D eigenvalue weighted by Gasteiger charge is -2.18. The van der Waals surface area contributed by atoms with Crippen LogP contribution in [0.2, 0.25) is 5.02 Å². The van der Waals surface area contributed by atoms with Crippen molar-refractivity contribution in [2.45, 2.75) is 0 Å². The Hall–Kier alpha value is -2.34. The summed E-state index contributed by atoms with van der Waals surface area (Å²) >= 11 is 5.83. The Labute approximate surface area is 126 Å². The van der Waals surface area contributed by atoms with Crippen molar-refractivity contribution in [2.24, 2.45) is 0 Å². The maximum absolute atomic E-state index is 5.83. The van der Waals surface area contributed by atoms with Crippen LogP contribution in [0.15, 0.2) is 36.9 Å². The highest BCUT2D eigenvalue weighted by Gasteiger charge is 2.10. The van der Waals surface area contributed by atoms with E-state index in [9.17, 15) is 0 Å². The third kappa shape index (κ3) is 3.05. The number of benzene rings is 1. The van der Waals surface area contributed by atoms with E-state index in [0.717, 1.165) is 17.1 Å². The number of halogens is 1. The molecule has 108 valence electrons. The van der Waals surface area contributed by atoms with Gasteiger partial charge in [0.15, 0.2) is 11.5 Å². The number of nitrogens with zero attached hydrogens (tertiary/aromatic N) is 4. The second-order valence-electron chi connectivity index (χ2n) is 4.52. The summed E-state index contributed by atoms with van der Waals surface area (Å²) in [7, 11) is 1.95. The lowest BCUT2D eigenvalue weighted by molar-refractivity contribution is 0.326. The molecule has 0 unspecified atom stereocenters. The standard InChI is InChI=1S/C14H14ClN5O/c1-20(6-7-21-11-4-2-10(15)3-5-11)14-12-13(17-8-16-12)18-9-19-14/h2-5,8-9H,6-7H2,1H3,(H,16,17,18,19). The molecule has 6 nitrogen and oxygen atoms in total. The first-order chi connectivity index (χ1) is 10.2. The number of fused-ring (bicyclic) bond motifs is 1. The van der Waals surface area contributed by atoms with Crippen LogP contribution in [0.3, 0.4) is 0 Å². The highest BCUT2D eigenvalue weighted by Crippen LogP contribution is 2.18. The number of aromatic nitrogens is 4. The van der Waals surface area contributed by atoms with Crippen molar-refractivity contribution >= 4 is 28.6 Å². The van der Waals surface area contributed by atoms with E-state index in [-0.39, 0.29) is 0 Å². The zero-order valence-electron chi connectivity index (χ0n) is 11.5. The van der Waals surface area contributed by atoms with Crippen molar-refractivity contribution in [3.05, 3.63) is 41.9 Å². The Balaban J connectivity index is 1.62. The number of hydrogen-bond donors (Lipinski definition) is 1. The Bertz CT molecular complexity index is 728. The molecular formula is C14H14ClN5O. The van der Waals surface area contributed by atoms with Crippen LogP contribution >= 0.6 is 11.6 Å². The topological polar surface area (TPSA) is 66.9 Å². The number of imidazole rings is 1. The first-order valence-electron chi connectivity index (χ1n) is 6.47. The van der Waals surface area contributed by atoms with Gasteiger partial charge in [-0.05, 0) is 24.3 Å². The quantitative estimate of drug-likeness (QED) is 0.784. The summed E-state index contributed by atoms with van der Waals surface area (Å²) in [6, 6.07) is 7.30. The largest absolute Gasteiger partial charge is 0.492 e. The maximum atomic E-state index is 5.83. The molecule has 0 spiro atoms. The molecule has 0 amide bonds. The monoisotopic (exact) mass is 303 g/mol. The van der Waals surface area contributed by atoms with Gasteiger partial charge in [0.05, 0.1) is 12.9 Å². The number of likely N-dealkylation sites (N-methyl/N-ethyl adjacent to an activating group) is 1. The van der Waals surface area contributed by atoms with Gasteiger partial charge in [0.25, 0.3) is 0 Å². The predicted octanol–water partition coefficient (Wildman–Crippen LogP) is 2.52. The number of anilines is 1. The van der Waals surface area contributed by atoms with Crippen molar-refractivity contribution < 1.29 is 4.74 Å². The summed E-state index contributed by atoms with van der Waals surface area (Å²) in [6.07, 6.45) is 3.12. The number of aromatic amines is 1. The van der Waals surface area contributed by atoms with E-state index in [2.05, 4.69) is 19.9 Å². The van der Waals surface area contributed by atoms with E-state index in [1.54, 1.807) is 18.5 Å². The minimum atomic E-state index is 0.539. The fourth-order valence-electron chi connectivity index (χ4n) is 1.98. The zero-order valence-corrected chi connectivity index (χ0v) is 12.2. The minimum absolute atomic E-state index is 0.539. The van der Waals surface area contributed by atoms with E-state index in [4.69, 9.17) is 16.3 Å². The van der Waals surface area contributed by atoms with Crippen molar-refractivity contribution in [2.75, 3.05) is 25.1 Å². The average molecular weight is 304 g/mol. The van der Waals surface area contributed by atoms with Crippen molar-refractivity contribution in [1.82, 2.24) is 19.9 Å². The molecule has 0 bridgehead atoms. The van der Waals surface area contributed by atoms with Gasteiger partial charge in [0, 0.05) is 12.1 Å². The number of rotatable bonds is 5. The Kier molecular flexibility index (Phi) is 3.87. The van der Waals surface area contributed by atoms with Gasteiger partial charge in [-0.25, -0.2) is 15.0 Å². The first kappa shape index (κ1) is 13.6. The molecule has 7 heteroatoms. The molecule has 0 atom stereocenters. The fraction of sp³-hybridized carbons (Fsp3) is 0.214. The predicted molar refractivity (Wildman–Crippen MR) is 81.9 cm³/mol. The van der Waals surface area contributed by atoms with Crippen LogP contribution in [-0.4, -0.2) is 40.1 Å². The summed E-state index contributed by atoms with van der Waals surface area (Å²) in [6.45, 7) is 1.23. The fourth-order valence-corrected chi connectivity index (χ4v) is 2.10. The second-order valence-corrected chi connectivity index (χ2v) is 4.96. The smallest absolute Gasteiger partial charge is 0.182 e. The van der Waals surface area contributed by atoms with Crippen molar-refractivity contribution in [3.63, 3.8) is 0 Å². The van der Waals surface area contributed by atoms with E-state index < -0.39 is 0 Å². The normalized spacial score (nSPS) is 10.8. The third-order valence-electron chi connectivity index (χ3n) is 3.07. The van der Waals surface area contributed by atoms with Crippen LogP contribution in [0.25, 0.3) is 11.2 Å². The molecule has 1 aromatic carbocycles. The lowest BCUT2D eigenvalue weighted by atomic mass is 10.3. The van der Waals surface area contributed by atoms with E-state index in [1.165, 1.54) is 6.33 Å². The van der Waals surface area contributed by atoms with Crippen LogP contribution in [0.4, 0.5) is 5.82 Å². The molecule has 0 radical (unpaired) electrons. The van der Waals surface area contributed by atoms with Gasteiger partial charge in [-0.1, -0.05) is 11.6 Å². The molecule has 2 heterocycles. The number of nitrogens with one attached hydrogen (secondary N) is 1. The summed E-state index contributed by atoms with van der Waals surface area (Å²) in [5.41, 5.74) is 1.48. The van der Waals surface area contributed by atoms with Gasteiger partial charge in [-0.2, -0.15) is 0 Å². The molecule has 0 aliphatic heterocycles. The van der Waals surface area contributed by atoms with Crippen LogP contribution < -0.4 is 9.64 Å². The second kappa shape index (κ2) is 5.97. The maximum Gasteiger partial charge on any atom is 0.182 e. The van der Waals surface area contributed by atoms with Gasteiger partial charge >= 0.3 is 0 Å². The summed E-state index contributed by atoms with van der Waals surface area (Å²) in [5, 5.41) is 0.696. The molecule has 21 heavy (non-hydrogen) atoms. The molecule has 0 saturated heterocycles. The van der Waals surface area contributed by atoms with Gasteiger partial charge < -0.3 is 14.6 Å². The Morgan fingerprint density at radius 1 is 1.19 bits per heavy atom. The molecule has 0 fully saturated rings. The molecule has 0 saturated carbocycles. The number of ether oxygens (including phenoxy) is 1. The molecule has 0 aliphatic rings. The number of hydrogen-bond acceptors (Lipinski definition) is 5. The van der Waals surface area contributed by atoms with Crippen LogP contribution in [0.1, 0.15) is 0 Å². The van der Waals surface area contributed by atoms with Crippen LogP contribution in [0, 0.1) is 0 Å². The minimum Gasteiger partial charge on any atom is -0.492 e. The van der Waals surface area contributed by atoms with Crippen molar-refractivity contribution in [1.29, 1.82) is 0 Å². The molecule has 2 aromatic heterocycles. The molecule has 3 aromatic rings. The van der Waals surface area contributed by atoms with Crippen LogP contribution in [0.5, 0.6) is 5.75 Å². The van der Waals surface area contributed by atoms with Gasteiger partial charge in [-0.3, -0.25) is 0 Å². The molecule has 0 aliphatic carbocycles. The lowest BCUT2D eigenvalue weighted by Crippen LogP contribution is -2.25. The number of H-pyrrole nitrogens is 1. The van der Waals surface area contributed by atoms with Gasteiger partial charge in [0.2, 0.25) is 0 Å². The molecule has 3 rings (SSSR count). The SMILES string of the molecule is CN(CCOc1ccc(Cl)cc1)c1ncnc2nc[nH]c12. The highest BCUT2D eigenvalue weighted by molar-refractivity contribution is 6.30. The summed E-state index contributed by atoms with van der Waals surface area (Å²) in [4.78, 5) is 17.6. The highest BCUT2D eigenvalue weighted by atomic mass is 35.5. The first-order valence-corrected chi connectivity index (χ1v) is 6.85. The summed E-state index contributed by atoms with van der Waals surface area (Å²) in [5.74, 6) is 1.60. The molecular weight excluding hydrogens is 290 g/mol. The summed E-state index contributed by atoms with van der Waals surface area (Å²) < 4.78 is 5.68. The Morgan fingerprint density at radius 2 is 2.00 bits per heavy atom. The molecule has 1 N–H and O–H groups in total. The average Bonchev–Trinajstić information content (AvgIpc) is 2.97. The van der Waals surface area contributed by atoms with Crippen LogP contribution in [-0.2, 0) is 0 Å². The van der Waals surface area contributed by atoms with Crippen molar-refractivity contribution in [3.8, 4) is 5.75 Å². The van der Waals surface area contributed by atoms with Gasteiger partial charge in [0.1, 0.15) is 24.2 Å². The van der Waals surface area contributed by atoms with E-state index in [0.29, 0.717) is 23.8 Å². The Morgan fingerprint density at radius 3 is 2.81 bits per heavy atom. The zero-order chi connectivity index (χ0) is 14.7. The van der Waals surface area contributed by atoms with E-state index in [1.807, 2.05) is 24.1 Å².